The summed E-state index contributed by atoms with van der Waals surface area (Å²) in [7, 11) is 2.27. The fraction of sp³-hybridized carbons (Fsp3) is 1.00. The molecular weight excluding hydrogens is 172 g/mol. The van der Waals surface area contributed by atoms with E-state index >= 15 is 0 Å². The third-order valence-electron chi connectivity index (χ3n) is 3.83. The normalized spacial score (nSPS) is 34.9. The highest BCUT2D eigenvalue weighted by atomic mass is 15.1. The maximum Gasteiger partial charge on any atom is 0.0104 e. The fourth-order valence-corrected chi connectivity index (χ4v) is 2.97. The molecule has 0 aromatic carbocycles. The fourth-order valence-electron chi connectivity index (χ4n) is 2.97. The molecule has 2 unspecified atom stereocenters. The van der Waals surface area contributed by atoms with Gasteiger partial charge in [-0.05, 0) is 50.6 Å². The van der Waals surface area contributed by atoms with Crippen LogP contribution in [0.5, 0.6) is 0 Å². The van der Waals surface area contributed by atoms with Gasteiger partial charge in [0.15, 0.2) is 0 Å². The first kappa shape index (κ1) is 10.4. The number of hydrogen-bond donors (Lipinski definition) is 1. The minimum Gasteiger partial charge on any atom is -0.316 e. The van der Waals surface area contributed by atoms with Gasteiger partial charge in [0.25, 0.3) is 0 Å². The van der Waals surface area contributed by atoms with E-state index < -0.39 is 0 Å². The highest BCUT2D eigenvalue weighted by Crippen LogP contribution is 2.54. The molecule has 0 spiro atoms. The lowest BCUT2D eigenvalue weighted by Crippen LogP contribution is -2.32. The summed E-state index contributed by atoms with van der Waals surface area (Å²) in [6, 6.07) is 0. The third kappa shape index (κ3) is 2.71. The van der Waals surface area contributed by atoms with Crippen LogP contribution < -0.4 is 5.32 Å². The first-order chi connectivity index (χ1) is 6.79. The van der Waals surface area contributed by atoms with Crippen LogP contribution in [-0.2, 0) is 0 Å². The Morgan fingerprint density at radius 3 is 2.57 bits per heavy atom. The minimum atomic E-state index is 1.02. The lowest BCUT2D eigenvalue weighted by Gasteiger charge is -2.21. The SMILES string of the molecule is CCNCCN(C)CC1CC2CC2C1. The second kappa shape index (κ2) is 4.63. The molecule has 2 saturated carbocycles. The first-order valence-electron chi connectivity index (χ1n) is 6.18. The summed E-state index contributed by atoms with van der Waals surface area (Å²) in [6.07, 6.45) is 4.60. The van der Waals surface area contributed by atoms with Gasteiger partial charge in [-0.15, -0.1) is 0 Å². The number of hydrogen-bond acceptors (Lipinski definition) is 2. The van der Waals surface area contributed by atoms with E-state index in [0.717, 1.165) is 30.8 Å². The summed E-state index contributed by atoms with van der Waals surface area (Å²) in [6.45, 7) is 6.95. The number of likely N-dealkylation sites (N-methyl/N-ethyl adjacent to an activating group) is 2. The van der Waals surface area contributed by atoms with E-state index in [1.54, 1.807) is 6.42 Å². The van der Waals surface area contributed by atoms with Gasteiger partial charge in [-0.1, -0.05) is 6.92 Å². The molecule has 2 nitrogen and oxygen atoms in total. The number of rotatable bonds is 6. The first-order valence-corrected chi connectivity index (χ1v) is 6.18. The molecule has 0 radical (unpaired) electrons. The standard InChI is InChI=1S/C12H24N2/c1-3-13-4-5-14(2)9-10-6-11-8-12(11)7-10/h10-13H,3-9H2,1-2H3. The van der Waals surface area contributed by atoms with Gasteiger partial charge in [-0.2, -0.15) is 0 Å². The van der Waals surface area contributed by atoms with Gasteiger partial charge < -0.3 is 10.2 Å². The highest BCUT2D eigenvalue weighted by molar-refractivity contribution is 4.96. The Morgan fingerprint density at radius 2 is 1.93 bits per heavy atom. The van der Waals surface area contributed by atoms with Crippen molar-refractivity contribution in [2.75, 3.05) is 33.2 Å². The Hall–Kier alpha value is -0.0800. The Morgan fingerprint density at radius 1 is 1.21 bits per heavy atom. The van der Waals surface area contributed by atoms with Crippen molar-refractivity contribution in [3.63, 3.8) is 0 Å². The van der Waals surface area contributed by atoms with Gasteiger partial charge in [-0.3, -0.25) is 0 Å². The van der Waals surface area contributed by atoms with Crippen LogP contribution in [0.2, 0.25) is 0 Å². The molecule has 14 heavy (non-hydrogen) atoms. The largest absolute Gasteiger partial charge is 0.316 e. The molecule has 0 aromatic heterocycles. The molecule has 2 heteroatoms. The van der Waals surface area contributed by atoms with Crippen molar-refractivity contribution in [2.45, 2.75) is 26.2 Å². The van der Waals surface area contributed by atoms with Crippen molar-refractivity contribution in [1.29, 1.82) is 0 Å². The number of fused-ring (bicyclic) bond motifs is 1. The van der Waals surface area contributed by atoms with E-state index in [1.165, 1.54) is 25.9 Å². The molecule has 0 aliphatic heterocycles. The van der Waals surface area contributed by atoms with Crippen molar-refractivity contribution in [2.24, 2.45) is 17.8 Å². The van der Waals surface area contributed by atoms with Crippen LogP contribution in [0.3, 0.4) is 0 Å². The lowest BCUT2D eigenvalue weighted by atomic mass is 10.0. The summed E-state index contributed by atoms with van der Waals surface area (Å²) in [4.78, 5) is 2.50. The zero-order valence-electron chi connectivity index (χ0n) is 9.63. The molecule has 82 valence electrons. The summed E-state index contributed by atoms with van der Waals surface area (Å²) in [5.41, 5.74) is 0. The topological polar surface area (TPSA) is 15.3 Å². The smallest absolute Gasteiger partial charge is 0.0104 e. The Kier molecular flexibility index (Phi) is 3.45. The van der Waals surface area contributed by atoms with Crippen LogP contribution in [0, 0.1) is 17.8 Å². The Bertz CT molecular complexity index is 171. The van der Waals surface area contributed by atoms with E-state index in [-0.39, 0.29) is 0 Å². The molecule has 2 fully saturated rings. The van der Waals surface area contributed by atoms with Gasteiger partial charge in [0.2, 0.25) is 0 Å². The average Bonchev–Trinajstić information content (AvgIpc) is 2.75. The van der Waals surface area contributed by atoms with E-state index in [9.17, 15) is 0 Å². The van der Waals surface area contributed by atoms with Crippen molar-refractivity contribution in [1.82, 2.24) is 10.2 Å². The molecular formula is C12H24N2. The molecule has 0 heterocycles. The van der Waals surface area contributed by atoms with Crippen molar-refractivity contribution < 1.29 is 0 Å². The molecule has 2 aliphatic carbocycles. The maximum absolute atomic E-state index is 3.38. The van der Waals surface area contributed by atoms with Gasteiger partial charge in [-0.25, -0.2) is 0 Å². The number of nitrogens with one attached hydrogen (secondary N) is 1. The highest BCUT2D eigenvalue weighted by Gasteiger charge is 2.45. The summed E-state index contributed by atoms with van der Waals surface area (Å²) in [5.74, 6) is 3.30. The zero-order valence-corrected chi connectivity index (χ0v) is 9.63. The lowest BCUT2D eigenvalue weighted by molar-refractivity contribution is 0.268. The number of nitrogens with zero attached hydrogens (tertiary/aromatic N) is 1. The molecule has 1 N–H and O–H groups in total. The van der Waals surface area contributed by atoms with Crippen LogP contribution in [0.15, 0.2) is 0 Å². The quantitative estimate of drug-likeness (QED) is 0.649. The van der Waals surface area contributed by atoms with Gasteiger partial charge in [0, 0.05) is 19.6 Å². The predicted molar refractivity (Wildman–Crippen MR) is 60.4 cm³/mol. The molecule has 2 atom stereocenters. The zero-order chi connectivity index (χ0) is 9.97. The van der Waals surface area contributed by atoms with Crippen molar-refractivity contribution in [3.05, 3.63) is 0 Å². The molecule has 0 amide bonds. The van der Waals surface area contributed by atoms with Gasteiger partial charge in [0.05, 0.1) is 0 Å². The van der Waals surface area contributed by atoms with E-state index in [0.29, 0.717) is 0 Å². The Balaban J connectivity index is 1.55. The molecule has 2 rings (SSSR count). The molecule has 2 aliphatic rings. The minimum absolute atomic E-state index is 1.02. The summed E-state index contributed by atoms with van der Waals surface area (Å²) >= 11 is 0. The summed E-state index contributed by atoms with van der Waals surface area (Å²) in [5, 5.41) is 3.38. The van der Waals surface area contributed by atoms with Crippen LogP contribution >= 0.6 is 0 Å². The molecule has 0 bridgehead atoms. The van der Waals surface area contributed by atoms with Crippen LogP contribution in [-0.4, -0.2) is 38.1 Å². The maximum atomic E-state index is 3.38. The average molecular weight is 196 g/mol. The van der Waals surface area contributed by atoms with Crippen molar-refractivity contribution in [3.8, 4) is 0 Å². The second-order valence-electron chi connectivity index (χ2n) is 5.21. The van der Waals surface area contributed by atoms with Crippen LogP contribution in [0.25, 0.3) is 0 Å². The summed E-state index contributed by atoms with van der Waals surface area (Å²) < 4.78 is 0. The molecule has 0 aromatic rings. The van der Waals surface area contributed by atoms with Crippen molar-refractivity contribution >= 4 is 0 Å². The third-order valence-corrected chi connectivity index (χ3v) is 3.83. The monoisotopic (exact) mass is 196 g/mol. The Labute approximate surface area is 88.1 Å². The van der Waals surface area contributed by atoms with E-state index in [1.807, 2.05) is 0 Å². The van der Waals surface area contributed by atoms with E-state index in [4.69, 9.17) is 0 Å². The second-order valence-corrected chi connectivity index (χ2v) is 5.21. The van der Waals surface area contributed by atoms with Gasteiger partial charge >= 0.3 is 0 Å². The predicted octanol–water partition coefficient (Wildman–Crippen LogP) is 1.57. The van der Waals surface area contributed by atoms with Crippen LogP contribution in [0.4, 0.5) is 0 Å². The van der Waals surface area contributed by atoms with E-state index in [2.05, 4.69) is 24.2 Å². The van der Waals surface area contributed by atoms with Gasteiger partial charge in [0.1, 0.15) is 0 Å². The molecule has 0 saturated heterocycles. The van der Waals surface area contributed by atoms with Crippen LogP contribution in [0.1, 0.15) is 26.2 Å².